The number of aliphatic hydroxyl groups excluding tert-OH is 4. The van der Waals surface area contributed by atoms with Crippen LogP contribution in [0.15, 0.2) is 18.2 Å². The average molecular weight is 330 g/mol. The Morgan fingerprint density at radius 3 is 2.52 bits per heavy atom. The van der Waals surface area contributed by atoms with Gasteiger partial charge >= 0.3 is 5.97 Å². The van der Waals surface area contributed by atoms with Crippen molar-refractivity contribution in [3.05, 3.63) is 23.8 Å². The number of phenols is 1. The Morgan fingerprint density at radius 1 is 1.22 bits per heavy atom. The summed E-state index contributed by atoms with van der Waals surface area (Å²) in [7, 11) is 1.14. The van der Waals surface area contributed by atoms with Gasteiger partial charge in [0.2, 0.25) is 6.29 Å². The van der Waals surface area contributed by atoms with Gasteiger partial charge in [-0.15, -0.1) is 0 Å². The first-order valence-corrected chi connectivity index (χ1v) is 6.77. The molecule has 0 aromatic heterocycles. The maximum atomic E-state index is 11.7. The second-order valence-corrected chi connectivity index (χ2v) is 4.99. The number of carbonyl (C=O) groups is 1. The highest BCUT2D eigenvalue weighted by Gasteiger charge is 2.45. The smallest absolute Gasteiger partial charge is 0.341 e. The second kappa shape index (κ2) is 7.11. The molecule has 1 fully saturated rings. The number of methoxy groups -OCH3 is 1. The molecule has 1 heterocycles. The number of benzene rings is 1. The first kappa shape index (κ1) is 17.4. The highest BCUT2D eigenvalue weighted by molar-refractivity contribution is 5.92. The summed E-state index contributed by atoms with van der Waals surface area (Å²) in [4.78, 5) is 11.7. The van der Waals surface area contributed by atoms with Crippen LogP contribution >= 0.6 is 0 Å². The first-order chi connectivity index (χ1) is 10.9. The van der Waals surface area contributed by atoms with Crippen molar-refractivity contribution in [1.29, 1.82) is 0 Å². The van der Waals surface area contributed by atoms with Crippen molar-refractivity contribution in [3.8, 4) is 11.5 Å². The molecule has 128 valence electrons. The number of aliphatic hydroxyl groups is 4. The van der Waals surface area contributed by atoms with Gasteiger partial charge in [-0.25, -0.2) is 4.79 Å². The zero-order valence-electron chi connectivity index (χ0n) is 12.2. The lowest BCUT2D eigenvalue weighted by atomic mass is 9.99. The highest BCUT2D eigenvalue weighted by Crippen LogP contribution is 2.29. The van der Waals surface area contributed by atoms with Crippen LogP contribution in [0.2, 0.25) is 0 Å². The first-order valence-electron chi connectivity index (χ1n) is 6.77. The summed E-state index contributed by atoms with van der Waals surface area (Å²) >= 11 is 0. The number of hydrogen-bond donors (Lipinski definition) is 5. The largest absolute Gasteiger partial charge is 0.508 e. The number of carbonyl (C=O) groups excluding carboxylic acids is 1. The summed E-state index contributed by atoms with van der Waals surface area (Å²) in [5.74, 6) is -1.06. The molecule has 0 bridgehead atoms. The molecule has 0 amide bonds. The van der Waals surface area contributed by atoms with Crippen molar-refractivity contribution in [2.45, 2.75) is 30.7 Å². The molecule has 9 heteroatoms. The van der Waals surface area contributed by atoms with E-state index in [1.54, 1.807) is 0 Å². The van der Waals surface area contributed by atoms with Gasteiger partial charge in [0.25, 0.3) is 0 Å². The standard InChI is InChI=1S/C14H18O9/c1-21-13(20)7-4-6(16)2-3-8(7)22-14-12(19)11(18)10(17)9(5-15)23-14/h2-4,9-12,14-19H,5H2,1H3/t9-,10-,11+,12-,14-/m1/s1. The van der Waals surface area contributed by atoms with Crippen LogP contribution in [0.25, 0.3) is 0 Å². The summed E-state index contributed by atoms with van der Waals surface area (Å²) in [5.41, 5.74) is -0.121. The zero-order chi connectivity index (χ0) is 17.1. The van der Waals surface area contributed by atoms with E-state index in [0.29, 0.717) is 0 Å². The van der Waals surface area contributed by atoms with E-state index in [1.165, 1.54) is 12.1 Å². The quantitative estimate of drug-likeness (QED) is 0.410. The number of rotatable bonds is 4. The lowest BCUT2D eigenvalue weighted by Gasteiger charge is -2.39. The summed E-state index contributed by atoms with van der Waals surface area (Å²) < 4.78 is 15.1. The highest BCUT2D eigenvalue weighted by atomic mass is 16.7. The van der Waals surface area contributed by atoms with Crippen LogP contribution < -0.4 is 4.74 Å². The molecule has 0 spiro atoms. The predicted octanol–water partition coefficient (Wildman–Crippen LogP) is -1.64. The van der Waals surface area contributed by atoms with E-state index in [9.17, 15) is 25.2 Å². The second-order valence-electron chi connectivity index (χ2n) is 4.99. The van der Waals surface area contributed by atoms with Crippen LogP contribution in [0.5, 0.6) is 11.5 Å². The molecule has 1 aromatic rings. The van der Waals surface area contributed by atoms with Gasteiger partial charge in [-0.1, -0.05) is 0 Å². The van der Waals surface area contributed by atoms with Gasteiger partial charge < -0.3 is 39.7 Å². The number of esters is 1. The van der Waals surface area contributed by atoms with Crippen molar-refractivity contribution in [1.82, 2.24) is 0 Å². The van der Waals surface area contributed by atoms with Gasteiger partial charge in [-0.3, -0.25) is 0 Å². The van der Waals surface area contributed by atoms with Gasteiger partial charge in [0.05, 0.1) is 13.7 Å². The summed E-state index contributed by atoms with van der Waals surface area (Å²) in [6.45, 7) is -0.607. The molecular formula is C14H18O9. The van der Waals surface area contributed by atoms with Crippen LogP contribution in [-0.4, -0.2) is 75.9 Å². The molecule has 1 aromatic carbocycles. The minimum atomic E-state index is -1.62. The van der Waals surface area contributed by atoms with Crippen molar-refractivity contribution < 1.29 is 44.5 Å². The average Bonchev–Trinajstić information content (AvgIpc) is 2.55. The Morgan fingerprint density at radius 2 is 1.91 bits per heavy atom. The Kier molecular flexibility index (Phi) is 5.39. The third-order valence-electron chi connectivity index (χ3n) is 3.46. The van der Waals surface area contributed by atoms with Gasteiger partial charge in [-0.05, 0) is 18.2 Å². The van der Waals surface area contributed by atoms with E-state index >= 15 is 0 Å². The molecule has 1 aliphatic rings. The van der Waals surface area contributed by atoms with E-state index in [4.69, 9.17) is 14.6 Å². The molecule has 0 aliphatic carbocycles. The lowest BCUT2D eigenvalue weighted by molar-refractivity contribution is -0.277. The molecule has 1 aliphatic heterocycles. The Hall–Kier alpha value is -1.91. The van der Waals surface area contributed by atoms with E-state index in [-0.39, 0.29) is 17.1 Å². The number of hydrogen-bond acceptors (Lipinski definition) is 9. The SMILES string of the molecule is COC(=O)c1cc(O)ccc1O[C@@H]1O[C@H](CO)[C@@H](O)[C@H](O)[C@H]1O. The molecular weight excluding hydrogens is 312 g/mol. The fourth-order valence-corrected chi connectivity index (χ4v) is 2.18. The third-order valence-corrected chi connectivity index (χ3v) is 3.46. The van der Waals surface area contributed by atoms with Crippen LogP contribution in [0.1, 0.15) is 10.4 Å². The Bertz CT molecular complexity index is 559. The van der Waals surface area contributed by atoms with E-state index < -0.39 is 43.3 Å². The van der Waals surface area contributed by atoms with Gasteiger partial charge in [0.15, 0.2) is 0 Å². The Labute approximate surface area is 131 Å². The lowest BCUT2D eigenvalue weighted by Crippen LogP contribution is -2.60. The molecule has 0 radical (unpaired) electrons. The van der Waals surface area contributed by atoms with Crippen LogP contribution in [0, 0.1) is 0 Å². The number of phenolic OH excluding ortho intramolecular Hbond substituents is 1. The summed E-state index contributed by atoms with van der Waals surface area (Å²) in [6, 6.07) is 3.60. The topological polar surface area (TPSA) is 146 Å². The zero-order valence-corrected chi connectivity index (χ0v) is 12.2. The third kappa shape index (κ3) is 3.54. The number of aromatic hydroxyl groups is 1. The van der Waals surface area contributed by atoms with Gasteiger partial charge in [0.1, 0.15) is 41.5 Å². The maximum absolute atomic E-state index is 11.7. The molecule has 2 rings (SSSR count). The van der Waals surface area contributed by atoms with Crippen molar-refractivity contribution in [2.75, 3.05) is 13.7 Å². The molecule has 1 saturated heterocycles. The predicted molar refractivity (Wildman–Crippen MR) is 73.8 cm³/mol. The molecule has 5 N–H and O–H groups in total. The van der Waals surface area contributed by atoms with Gasteiger partial charge in [-0.2, -0.15) is 0 Å². The van der Waals surface area contributed by atoms with E-state index in [0.717, 1.165) is 13.2 Å². The maximum Gasteiger partial charge on any atom is 0.341 e. The van der Waals surface area contributed by atoms with Crippen LogP contribution in [0.4, 0.5) is 0 Å². The normalized spacial score (nSPS) is 30.7. The van der Waals surface area contributed by atoms with E-state index in [2.05, 4.69) is 4.74 Å². The molecule has 5 atom stereocenters. The van der Waals surface area contributed by atoms with E-state index in [1.807, 2.05) is 0 Å². The van der Waals surface area contributed by atoms with Crippen molar-refractivity contribution in [3.63, 3.8) is 0 Å². The van der Waals surface area contributed by atoms with Crippen LogP contribution in [-0.2, 0) is 9.47 Å². The van der Waals surface area contributed by atoms with Crippen LogP contribution in [0.3, 0.4) is 0 Å². The van der Waals surface area contributed by atoms with Crippen molar-refractivity contribution in [2.24, 2.45) is 0 Å². The fraction of sp³-hybridized carbons (Fsp3) is 0.500. The fourth-order valence-electron chi connectivity index (χ4n) is 2.18. The van der Waals surface area contributed by atoms with Crippen molar-refractivity contribution >= 4 is 5.97 Å². The molecule has 9 nitrogen and oxygen atoms in total. The Balaban J connectivity index is 2.26. The molecule has 0 unspecified atom stereocenters. The minimum Gasteiger partial charge on any atom is -0.508 e. The minimum absolute atomic E-state index is 0.0704. The molecule has 0 saturated carbocycles. The monoisotopic (exact) mass is 330 g/mol. The summed E-state index contributed by atoms with van der Waals surface area (Å²) in [5, 5.41) is 47.9. The van der Waals surface area contributed by atoms with Gasteiger partial charge in [0, 0.05) is 0 Å². The summed E-state index contributed by atoms with van der Waals surface area (Å²) in [6.07, 6.45) is -7.33. The molecule has 23 heavy (non-hydrogen) atoms. The number of ether oxygens (including phenoxy) is 3.